The van der Waals surface area contributed by atoms with Gasteiger partial charge in [-0.1, -0.05) is 20.8 Å². The van der Waals surface area contributed by atoms with Crippen molar-refractivity contribution in [3.8, 4) is 0 Å². The van der Waals surface area contributed by atoms with Crippen LogP contribution in [0.4, 0.5) is 0 Å². The van der Waals surface area contributed by atoms with Crippen molar-refractivity contribution in [1.29, 1.82) is 0 Å². The summed E-state index contributed by atoms with van der Waals surface area (Å²) < 4.78 is 5.72. The zero-order chi connectivity index (χ0) is 13.7. The van der Waals surface area contributed by atoms with Crippen molar-refractivity contribution in [2.24, 2.45) is 23.7 Å². The molecule has 2 fully saturated rings. The van der Waals surface area contributed by atoms with E-state index in [2.05, 4.69) is 26.1 Å². The van der Waals surface area contributed by atoms with Gasteiger partial charge in [-0.3, -0.25) is 0 Å². The van der Waals surface area contributed by atoms with Crippen LogP contribution in [0.3, 0.4) is 0 Å². The number of hydrogen-bond donors (Lipinski definition) is 1. The summed E-state index contributed by atoms with van der Waals surface area (Å²) in [6, 6.07) is 0.707. The van der Waals surface area contributed by atoms with E-state index in [1.165, 1.54) is 38.5 Å². The first-order chi connectivity index (χ1) is 9.22. The molecular weight excluding hydrogens is 234 g/mol. The highest BCUT2D eigenvalue weighted by molar-refractivity contribution is 4.88. The molecule has 2 rings (SSSR count). The molecule has 1 saturated heterocycles. The molecule has 0 amide bonds. The fourth-order valence-corrected chi connectivity index (χ4v) is 4.17. The number of nitrogens with one attached hydrogen (secondary N) is 1. The predicted molar refractivity (Wildman–Crippen MR) is 81.3 cm³/mol. The van der Waals surface area contributed by atoms with Crippen LogP contribution in [-0.4, -0.2) is 25.8 Å². The van der Waals surface area contributed by atoms with Crippen molar-refractivity contribution in [3.63, 3.8) is 0 Å². The molecule has 1 aliphatic heterocycles. The summed E-state index contributed by atoms with van der Waals surface area (Å²) in [7, 11) is 0. The molecule has 0 bridgehead atoms. The third-order valence-electron chi connectivity index (χ3n) is 5.41. The summed E-state index contributed by atoms with van der Waals surface area (Å²) in [5, 5.41) is 3.79. The Bertz CT molecular complexity index is 240. The van der Waals surface area contributed by atoms with Crippen LogP contribution < -0.4 is 5.32 Å². The van der Waals surface area contributed by atoms with Crippen molar-refractivity contribution in [2.75, 3.05) is 19.8 Å². The number of ether oxygens (including phenoxy) is 1. The van der Waals surface area contributed by atoms with Gasteiger partial charge < -0.3 is 10.1 Å². The monoisotopic (exact) mass is 267 g/mol. The van der Waals surface area contributed by atoms with Crippen LogP contribution in [0.2, 0.25) is 0 Å². The van der Waals surface area contributed by atoms with E-state index < -0.39 is 0 Å². The third kappa shape index (κ3) is 4.19. The summed E-state index contributed by atoms with van der Waals surface area (Å²) in [4.78, 5) is 0. The molecule has 2 aliphatic rings. The largest absolute Gasteiger partial charge is 0.381 e. The number of rotatable bonds is 5. The smallest absolute Gasteiger partial charge is 0.0509 e. The lowest BCUT2D eigenvalue weighted by Crippen LogP contribution is -2.46. The molecule has 2 unspecified atom stereocenters. The second-order valence-corrected chi connectivity index (χ2v) is 6.98. The average molecular weight is 267 g/mol. The van der Waals surface area contributed by atoms with Crippen molar-refractivity contribution in [2.45, 2.75) is 65.3 Å². The lowest BCUT2D eigenvalue weighted by Gasteiger charge is -2.40. The molecule has 112 valence electrons. The molecule has 1 aliphatic carbocycles. The third-order valence-corrected chi connectivity index (χ3v) is 5.41. The second kappa shape index (κ2) is 7.64. The highest BCUT2D eigenvalue weighted by Crippen LogP contribution is 2.37. The Morgan fingerprint density at radius 2 is 1.68 bits per heavy atom. The van der Waals surface area contributed by atoms with Crippen LogP contribution in [0.5, 0.6) is 0 Å². The predicted octanol–water partition coefficient (Wildman–Crippen LogP) is 3.85. The average Bonchev–Trinajstić information content (AvgIpc) is 2.46. The fraction of sp³-hybridized carbons (Fsp3) is 1.00. The maximum Gasteiger partial charge on any atom is 0.0509 e. The number of hydrogen-bond acceptors (Lipinski definition) is 2. The van der Waals surface area contributed by atoms with Crippen LogP contribution in [0.1, 0.15) is 59.3 Å². The molecular formula is C17H33NO. The fourth-order valence-electron chi connectivity index (χ4n) is 4.17. The lowest BCUT2D eigenvalue weighted by atomic mass is 9.71. The van der Waals surface area contributed by atoms with Gasteiger partial charge >= 0.3 is 0 Å². The van der Waals surface area contributed by atoms with Crippen LogP contribution in [0, 0.1) is 23.7 Å². The Hall–Kier alpha value is -0.0800. The first-order valence-electron chi connectivity index (χ1n) is 8.53. The molecule has 0 spiro atoms. The molecule has 2 nitrogen and oxygen atoms in total. The van der Waals surface area contributed by atoms with Crippen LogP contribution in [0.25, 0.3) is 0 Å². The zero-order valence-electron chi connectivity index (χ0n) is 13.2. The summed E-state index contributed by atoms with van der Waals surface area (Å²) >= 11 is 0. The van der Waals surface area contributed by atoms with Gasteiger partial charge in [0, 0.05) is 12.6 Å². The van der Waals surface area contributed by atoms with Crippen molar-refractivity contribution >= 4 is 0 Å². The highest BCUT2D eigenvalue weighted by Gasteiger charge is 2.33. The SMILES string of the molecule is CCNC(C1CCC(C(C)C)CC1)C1CCCOC1. The van der Waals surface area contributed by atoms with Crippen molar-refractivity contribution < 1.29 is 4.74 Å². The topological polar surface area (TPSA) is 21.3 Å². The Kier molecular flexibility index (Phi) is 6.15. The molecule has 1 N–H and O–H groups in total. The van der Waals surface area contributed by atoms with Crippen LogP contribution in [-0.2, 0) is 4.74 Å². The summed E-state index contributed by atoms with van der Waals surface area (Å²) in [5.41, 5.74) is 0. The molecule has 0 radical (unpaired) electrons. The van der Waals surface area contributed by atoms with Gasteiger partial charge in [-0.25, -0.2) is 0 Å². The van der Waals surface area contributed by atoms with Gasteiger partial charge in [0.05, 0.1) is 6.61 Å². The summed E-state index contributed by atoms with van der Waals surface area (Å²) in [6.45, 7) is 10.1. The Morgan fingerprint density at radius 1 is 1.00 bits per heavy atom. The van der Waals surface area contributed by atoms with E-state index in [1.807, 2.05) is 0 Å². The molecule has 0 aromatic carbocycles. The maximum absolute atomic E-state index is 5.72. The van der Waals surface area contributed by atoms with E-state index in [4.69, 9.17) is 4.74 Å². The Morgan fingerprint density at radius 3 is 2.21 bits per heavy atom. The van der Waals surface area contributed by atoms with Crippen molar-refractivity contribution in [1.82, 2.24) is 5.32 Å². The van der Waals surface area contributed by atoms with E-state index in [9.17, 15) is 0 Å². The van der Waals surface area contributed by atoms with Crippen LogP contribution >= 0.6 is 0 Å². The second-order valence-electron chi connectivity index (χ2n) is 6.98. The summed E-state index contributed by atoms with van der Waals surface area (Å²) in [5.74, 6) is 3.49. The van der Waals surface area contributed by atoms with E-state index in [0.29, 0.717) is 6.04 Å². The normalized spacial score (nSPS) is 34.4. The molecule has 1 saturated carbocycles. The Balaban J connectivity index is 1.88. The first kappa shape index (κ1) is 15.3. The molecule has 19 heavy (non-hydrogen) atoms. The standard InChI is InChI=1S/C17H33NO/c1-4-18-17(16-6-5-11-19-12-16)15-9-7-14(8-10-15)13(2)3/h13-18H,4-12H2,1-3H3. The zero-order valence-corrected chi connectivity index (χ0v) is 13.2. The van der Waals surface area contributed by atoms with Gasteiger partial charge in [0.2, 0.25) is 0 Å². The van der Waals surface area contributed by atoms with Gasteiger partial charge in [0.25, 0.3) is 0 Å². The minimum atomic E-state index is 0.707. The van der Waals surface area contributed by atoms with E-state index in [0.717, 1.165) is 43.4 Å². The van der Waals surface area contributed by atoms with Gasteiger partial charge in [0.1, 0.15) is 0 Å². The van der Waals surface area contributed by atoms with Gasteiger partial charge in [-0.2, -0.15) is 0 Å². The molecule has 0 aromatic rings. The first-order valence-corrected chi connectivity index (χ1v) is 8.53. The lowest BCUT2D eigenvalue weighted by molar-refractivity contribution is 0.0217. The quantitative estimate of drug-likeness (QED) is 0.817. The van der Waals surface area contributed by atoms with Crippen molar-refractivity contribution in [3.05, 3.63) is 0 Å². The van der Waals surface area contributed by atoms with Gasteiger partial charge in [-0.05, 0) is 68.7 Å². The summed E-state index contributed by atoms with van der Waals surface area (Å²) in [6.07, 6.45) is 8.36. The maximum atomic E-state index is 5.72. The van der Waals surface area contributed by atoms with E-state index >= 15 is 0 Å². The highest BCUT2D eigenvalue weighted by atomic mass is 16.5. The molecule has 2 heteroatoms. The molecule has 1 heterocycles. The minimum Gasteiger partial charge on any atom is -0.381 e. The van der Waals surface area contributed by atoms with E-state index in [-0.39, 0.29) is 0 Å². The molecule has 2 atom stereocenters. The molecule has 0 aromatic heterocycles. The van der Waals surface area contributed by atoms with Crippen LogP contribution in [0.15, 0.2) is 0 Å². The minimum absolute atomic E-state index is 0.707. The van der Waals surface area contributed by atoms with Gasteiger partial charge in [-0.15, -0.1) is 0 Å². The Labute approximate surface area is 119 Å². The van der Waals surface area contributed by atoms with Gasteiger partial charge in [0.15, 0.2) is 0 Å². The van der Waals surface area contributed by atoms with E-state index in [1.54, 1.807) is 0 Å².